The SMILES string of the molecule is CNCC(=O)N1CC(C(C)C)C1. The Bertz CT molecular complexity index is 162. The molecule has 0 aromatic carbocycles. The first-order valence-corrected chi connectivity index (χ1v) is 4.57. The van der Waals surface area contributed by atoms with Crippen LogP contribution in [0.15, 0.2) is 0 Å². The lowest BCUT2D eigenvalue weighted by atomic mass is 9.88. The Morgan fingerprint density at radius 3 is 2.58 bits per heavy atom. The normalized spacial score (nSPS) is 18.2. The van der Waals surface area contributed by atoms with Crippen molar-refractivity contribution in [1.82, 2.24) is 10.2 Å². The summed E-state index contributed by atoms with van der Waals surface area (Å²) in [5, 5.41) is 2.87. The maximum absolute atomic E-state index is 11.3. The molecule has 1 fully saturated rings. The number of likely N-dealkylation sites (tertiary alicyclic amines) is 1. The van der Waals surface area contributed by atoms with Gasteiger partial charge in [0, 0.05) is 13.1 Å². The van der Waals surface area contributed by atoms with Gasteiger partial charge in [-0.15, -0.1) is 0 Å². The van der Waals surface area contributed by atoms with E-state index in [4.69, 9.17) is 0 Å². The van der Waals surface area contributed by atoms with Crippen LogP contribution in [0.5, 0.6) is 0 Å². The smallest absolute Gasteiger partial charge is 0.236 e. The molecule has 12 heavy (non-hydrogen) atoms. The van der Waals surface area contributed by atoms with E-state index in [-0.39, 0.29) is 5.91 Å². The van der Waals surface area contributed by atoms with Crippen LogP contribution < -0.4 is 5.32 Å². The molecule has 1 aliphatic heterocycles. The monoisotopic (exact) mass is 170 g/mol. The Morgan fingerprint density at radius 2 is 2.17 bits per heavy atom. The Labute approximate surface area is 74.1 Å². The topological polar surface area (TPSA) is 32.3 Å². The van der Waals surface area contributed by atoms with E-state index in [1.54, 1.807) is 7.05 Å². The summed E-state index contributed by atoms with van der Waals surface area (Å²) in [6, 6.07) is 0. The fraction of sp³-hybridized carbons (Fsp3) is 0.889. The van der Waals surface area contributed by atoms with Crippen LogP contribution in [0, 0.1) is 11.8 Å². The van der Waals surface area contributed by atoms with Gasteiger partial charge in [0.05, 0.1) is 6.54 Å². The first-order valence-electron chi connectivity index (χ1n) is 4.57. The zero-order chi connectivity index (χ0) is 9.14. The number of hydrogen-bond acceptors (Lipinski definition) is 2. The van der Waals surface area contributed by atoms with Crippen LogP contribution in [0.2, 0.25) is 0 Å². The van der Waals surface area contributed by atoms with Gasteiger partial charge in [-0.25, -0.2) is 0 Å². The van der Waals surface area contributed by atoms with Gasteiger partial charge in [-0.1, -0.05) is 13.8 Å². The highest BCUT2D eigenvalue weighted by Gasteiger charge is 2.31. The second-order valence-corrected chi connectivity index (χ2v) is 3.83. The summed E-state index contributed by atoms with van der Waals surface area (Å²) in [4.78, 5) is 13.2. The number of likely N-dealkylation sites (N-methyl/N-ethyl adjacent to an activating group) is 1. The molecule has 0 atom stereocenters. The lowest BCUT2D eigenvalue weighted by Gasteiger charge is -2.41. The highest BCUT2D eigenvalue weighted by Crippen LogP contribution is 2.22. The van der Waals surface area contributed by atoms with Crippen molar-refractivity contribution in [3.63, 3.8) is 0 Å². The van der Waals surface area contributed by atoms with Gasteiger partial charge < -0.3 is 10.2 Å². The van der Waals surface area contributed by atoms with Crippen LogP contribution in [-0.4, -0.2) is 37.5 Å². The molecule has 1 rings (SSSR count). The van der Waals surface area contributed by atoms with Gasteiger partial charge in [-0.2, -0.15) is 0 Å². The molecular formula is C9H18N2O. The second-order valence-electron chi connectivity index (χ2n) is 3.83. The van der Waals surface area contributed by atoms with Crippen molar-refractivity contribution in [2.75, 3.05) is 26.7 Å². The largest absolute Gasteiger partial charge is 0.341 e. The number of hydrogen-bond donors (Lipinski definition) is 1. The third-order valence-corrected chi connectivity index (χ3v) is 2.53. The summed E-state index contributed by atoms with van der Waals surface area (Å²) >= 11 is 0. The third kappa shape index (κ3) is 1.97. The number of rotatable bonds is 3. The van der Waals surface area contributed by atoms with Crippen molar-refractivity contribution in [3.8, 4) is 0 Å². The van der Waals surface area contributed by atoms with Crippen LogP contribution >= 0.6 is 0 Å². The highest BCUT2D eigenvalue weighted by molar-refractivity contribution is 5.79. The molecule has 0 aromatic rings. The van der Waals surface area contributed by atoms with Gasteiger partial charge in [0.15, 0.2) is 0 Å². The fourth-order valence-corrected chi connectivity index (χ4v) is 1.40. The quantitative estimate of drug-likeness (QED) is 0.661. The molecule has 0 unspecified atom stereocenters. The van der Waals surface area contributed by atoms with Crippen LogP contribution in [0.3, 0.4) is 0 Å². The zero-order valence-electron chi connectivity index (χ0n) is 8.13. The van der Waals surface area contributed by atoms with Gasteiger partial charge in [0.25, 0.3) is 0 Å². The third-order valence-electron chi connectivity index (χ3n) is 2.53. The number of amides is 1. The standard InChI is InChI=1S/C9H18N2O/c1-7(2)8-5-11(6-8)9(12)4-10-3/h7-8,10H,4-6H2,1-3H3. The van der Waals surface area contributed by atoms with Crippen LogP contribution in [0.4, 0.5) is 0 Å². The summed E-state index contributed by atoms with van der Waals surface area (Å²) in [5.74, 6) is 1.67. The van der Waals surface area contributed by atoms with Gasteiger partial charge in [-0.3, -0.25) is 4.79 Å². The van der Waals surface area contributed by atoms with Crippen molar-refractivity contribution in [1.29, 1.82) is 0 Å². The van der Waals surface area contributed by atoms with Crippen LogP contribution in [-0.2, 0) is 4.79 Å². The van der Waals surface area contributed by atoms with Gasteiger partial charge in [-0.05, 0) is 18.9 Å². The average molecular weight is 170 g/mol. The summed E-state index contributed by atoms with van der Waals surface area (Å²) in [6.45, 7) is 6.82. The van der Waals surface area contributed by atoms with Gasteiger partial charge >= 0.3 is 0 Å². The molecule has 0 bridgehead atoms. The van der Waals surface area contributed by atoms with E-state index >= 15 is 0 Å². The molecule has 3 nitrogen and oxygen atoms in total. The minimum atomic E-state index is 0.231. The number of carbonyl (C=O) groups excluding carboxylic acids is 1. The molecular weight excluding hydrogens is 152 g/mol. The molecule has 0 spiro atoms. The average Bonchev–Trinajstić information content (AvgIpc) is 1.82. The molecule has 70 valence electrons. The van der Waals surface area contributed by atoms with Gasteiger partial charge in [0.2, 0.25) is 5.91 Å². The molecule has 1 aliphatic rings. The first kappa shape index (κ1) is 9.52. The lowest BCUT2D eigenvalue weighted by molar-refractivity contribution is -0.137. The van der Waals surface area contributed by atoms with E-state index in [2.05, 4.69) is 19.2 Å². The maximum Gasteiger partial charge on any atom is 0.236 e. The Kier molecular flexibility index (Phi) is 3.09. The minimum Gasteiger partial charge on any atom is -0.341 e. The van der Waals surface area contributed by atoms with Crippen molar-refractivity contribution in [2.24, 2.45) is 11.8 Å². The van der Waals surface area contributed by atoms with E-state index in [1.807, 2.05) is 4.90 Å². The van der Waals surface area contributed by atoms with Crippen molar-refractivity contribution >= 4 is 5.91 Å². The van der Waals surface area contributed by atoms with Crippen LogP contribution in [0.1, 0.15) is 13.8 Å². The highest BCUT2D eigenvalue weighted by atomic mass is 16.2. The summed E-state index contributed by atoms with van der Waals surface area (Å²) in [6.07, 6.45) is 0. The number of nitrogens with zero attached hydrogens (tertiary/aromatic N) is 1. The second kappa shape index (κ2) is 3.90. The van der Waals surface area contributed by atoms with E-state index in [0.29, 0.717) is 12.5 Å². The number of nitrogens with one attached hydrogen (secondary N) is 1. The van der Waals surface area contributed by atoms with Crippen molar-refractivity contribution in [3.05, 3.63) is 0 Å². The Balaban J connectivity index is 2.20. The molecule has 0 aromatic heterocycles. The number of carbonyl (C=O) groups is 1. The molecule has 0 saturated carbocycles. The van der Waals surface area contributed by atoms with Crippen molar-refractivity contribution in [2.45, 2.75) is 13.8 Å². The summed E-state index contributed by atoms with van der Waals surface area (Å²) in [5.41, 5.74) is 0. The molecule has 1 saturated heterocycles. The van der Waals surface area contributed by atoms with E-state index < -0.39 is 0 Å². The Hall–Kier alpha value is -0.570. The van der Waals surface area contributed by atoms with Crippen LogP contribution in [0.25, 0.3) is 0 Å². The molecule has 1 amide bonds. The fourth-order valence-electron chi connectivity index (χ4n) is 1.40. The zero-order valence-corrected chi connectivity index (χ0v) is 8.13. The molecule has 1 N–H and O–H groups in total. The summed E-state index contributed by atoms with van der Waals surface area (Å²) in [7, 11) is 1.80. The lowest BCUT2D eigenvalue weighted by Crippen LogP contribution is -2.53. The van der Waals surface area contributed by atoms with E-state index in [0.717, 1.165) is 19.0 Å². The van der Waals surface area contributed by atoms with E-state index in [9.17, 15) is 4.79 Å². The molecule has 1 heterocycles. The van der Waals surface area contributed by atoms with Gasteiger partial charge in [0.1, 0.15) is 0 Å². The van der Waals surface area contributed by atoms with E-state index in [1.165, 1.54) is 0 Å². The predicted octanol–water partition coefficient (Wildman–Crippen LogP) is 0.320. The molecule has 0 radical (unpaired) electrons. The maximum atomic E-state index is 11.3. The first-order chi connectivity index (χ1) is 5.65. The molecule has 0 aliphatic carbocycles. The summed E-state index contributed by atoms with van der Waals surface area (Å²) < 4.78 is 0. The molecule has 3 heteroatoms. The minimum absolute atomic E-state index is 0.231. The predicted molar refractivity (Wildman–Crippen MR) is 48.8 cm³/mol. The van der Waals surface area contributed by atoms with Crippen molar-refractivity contribution < 1.29 is 4.79 Å². The Morgan fingerprint density at radius 1 is 1.58 bits per heavy atom.